The van der Waals surface area contributed by atoms with E-state index in [0.29, 0.717) is 18.3 Å². The molecule has 0 aliphatic carbocycles. The fourth-order valence-corrected chi connectivity index (χ4v) is 2.59. The molecule has 6 heteroatoms. The van der Waals surface area contributed by atoms with E-state index in [-0.39, 0.29) is 24.0 Å². The highest BCUT2D eigenvalue weighted by atomic mass is 127. The molecule has 2 rings (SSSR count). The second-order valence-corrected chi connectivity index (χ2v) is 5.47. The maximum Gasteiger partial charge on any atom is 0.195 e. The van der Waals surface area contributed by atoms with Gasteiger partial charge in [0, 0.05) is 25.3 Å². The number of halogens is 1. The molecular weight excluding hydrogens is 441 g/mol. The summed E-state index contributed by atoms with van der Waals surface area (Å²) < 4.78 is 10.9. The van der Waals surface area contributed by atoms with Gasteiger partial charge in [0.1, 0.15) is 0 Å². The van der Waals surface area contributed by atoms with Gasteiger partial charge in [0.15, 0.2) is 17.5 Å². The fraction of sp³-hybridized carbons (Fsp3) is 0.350. The zero-order chi connectivity index (χ0) is 18.1. The predicted octanol–water partition coefficient (Wildman–Crippen LogP) is 4.46. The highest BCUT2D eigenvalue weighted by Gasteiger charge is 2.07. The highest BCUT2D eigenvalue weighted by molar-refractivity contribution is 14.0. The molecule has 2 aromatic carbocycles. The summed E-state index contributed by atoms with van der Waals surface area (Å²) in [4.78, 5) is 4.29. The molecule has 5 nitrogen and oxygen atoms in total. The molecule has 0 unspecified atom stereocenters. The third kappa shape index (κ3) is 6.09. The minimum atomic E-state index is 0. The van der Waals surface area contributed by atoms with E-state index in [0.717, 1.165) is 24.4 Å². The second kappa shape index (κ2) is 11.6. The first kappa shape index (κ1) is 22.1. The van der Waals surface area contributed by atoms with Crippen molar-refractivity contribution in [2.75, 3.05) is 26.1 Å². The quantitative estimate of drug-likeness (QED) is 0.357. The molecule has 0 heterocycles. The molecule has 26 heavy (non-hydrogen) atoms. The molecule has 0 atom stereocenters. The third-order valence-electron chi connectivity index (χ3n) is 3.90. The van der Waals surface area contributed by atoms with Crippen molar-refractivity contribution in [3.63, 3.8) is 0 Å². The van der Waals surface area contributed by atoms with E-state index < -0.39 is 0 Å². The van der Waals surface area contributed by atoms with Gasteiger partial charge in [-0.2, -0.15) is 0 Å². The van der Waals surface area contributed by atoms with Crippen molar-refractivity contribution in [1.29, 1.82) is 0 Å². The van der Waals surface area contributed by atoms with Gasteiger partial charge >= 0.3 is 0 Å². The average molecular weight is 469 g/mol. The maximum absolute atomic E-state index is 5.55. The van der Waals surface area contributed by atoms with Crippen molar-refractivity contribution in [3.8, 4) is 11.5 Å². The Kier molecular flexibility index (Phi) is 9.87. The van der Waals surface area contributed by atoms with E-state index in [9.17, 15) is 0 Å². The maximum atomic E-state index is 5.55. The number of rotatable bonds is 7. The van der Waals surface area contributed by atoms with Gasteiger partial charge in [-0.1, -0.05) is 31.2 Å². The molecule has 0 bridgehead atoms. The molecule has 0 radical (unpaired) electrons. The van der Waals surface area contributed by atoms with Gasteiger partial charge in [0.2, 0.25) is 0 Å². The largest absolute Gasteiger partial charge is 0.493 e. The zero-order valence-electron chi connectivity index (χ0n) is 15.8. The summed E-state index contributed by atoms with van der Waals surface area (Å²) in [5.74, 6) is 2.13. The molecule has 0 spiro atoms. The van der Waals surface area contributed by atoms with E-state index in [1.54, 1.807) is 14.2 Å². The number of benzene rings is 2. The molecular formula is C20H28IN3O2. The van der Waals surface area contributed by atoms with Gasteiger partial charge < -0.3 is 20.1 Å². The number of nitrogens with zero attached hydrogens (tertiary/aromatic N) is 1. The Morgan fingerprint density at radius 3 is 2.38 bits per heavy atom. The lowest BCUT2D eigenvalue weighted by molar-refractivity contribution is 0.311. The van der Waals surface area contributed by atoms with Crippen LogP contribution in [0.2, 0.25) is 0 Å². The molecule has 0 saturated carbocycles. The lowest BCUT2D eigenvalue weighted by Crippen LogP contribution is -2.30. The lowest BCUT2D eigenvalue weighted by Gasteiger charge is -2.15. The van der Waals surface area contributed by atoms with E-state index in [2.05, 4.69) is 46.8 Å². The summed E-state index contributed by atoms with van der Waals surface area (Å²) in [5.41, 5.74) is 3.50. The number of ether oxygens (including phenoxy) is 2. The van der Waals surface area contributed by atoms with Crippen molar-refractivity contribution < 1.29 is 9.47 Å². The van der Waals surface area contributed by atoms with Crippen LogP contribution in [0.15, 0.2) is 47.5 Å². The normalized spacial score (nSPS) is 10.7. The van der Waals surface area contributed by atoms with Crippen molar-refractivity contribution in [1.82, 2.24) is 5.32 Å². The average Bonchev–Trinajstić information content (AvgIpc) is 2.66. The molecule has 2 N–H and O–H groups in total. The molecule has 2 aromatic rings. The molecule has 0 aromatic heterocycles. The Labute approximate surface area is 173 Å². The summed E-state index contributed by atoms with van der Waals surface area (Å²) in [5, 5.41) is 6.64. The molecule has 142 valence electrons. The second-order valence-electron chi connectivity index (χ2n) is 5.47. The monoisotopic (exact) mass is 469 g/mol. The number of methoxy groups -OCH3 is 1. The van der Waals surface area contributed by atoms with Gasteiger partial charge in [-0.15, -0.1) is 24.0 Å². The molecule has 0 amide bonds. The fourth-order valence-electron chi connectivity index (χ4n) is 2.59. The first-order valence-corrected chi connectivity index (χ1v) is 8.57. The van der Waals surface area contributed by atoms with E-state index in [1.807, 2.05) is 25.1 Å². The van der Waals surface area contributed by atoms with Crippen LogP contribution in [0.5, 0.6) is 11.5 Å². The van der Waals surface area contributed by atoms with Gasteiger partial charge in [-0.05, 0) is 36.6 Å². The van der Waals surface area contributed by atoms with Crippen molar-refractivity contribution in [2.24, 2.45) is 4.99 Å². The molecule has 0 saturated heterocycles. The number of anilines is 1. The zero-order valence-corrected chi connectivity index (χ0v) is 18.2. The van der Waals surface area contributed by atoms with E-state index >= 15 is 0 Å². The van der Waals surface area contributed by atoms with Crippen LogP contribution >= 0.6 is 24.0 Å². The minimum Gasteiger partial charge on any atom is -0.493 e. The Morgan fingerprint density at radius 1 is 1.04 bits per heavy atom. The van der Waals surface area contributed by atoms with Gasteiger partial charge in [-0.3, -0.25) is 4.99 Å². The van der Waals surface area contributed by atoms with Crippen molar-refractivity contribution >= 4 is 35.6 Å². The Morgan fingerprint density at radius 2 is 1.77 bits per heavy atom. The first-order chi connectivity index (χ1) is 12.2. The van der Waals surface area contributed by atoms with Crippen LogP contribution in [-0.4, -0.2) is 26.7 Å². The SMILES string of the molecule is CCOc1ccc(NC(=NC)NCc2ccccc2CC)cc1OC.I. The lowest BCUT2D eigenvalue weighted by atomic mass is 10.1. The van der Waals surface area contributed by atoms with E-state index in [4.69, 9.17) is 9.47 Å². The number of nitrogens with one attached hydrogen (secondary N) is 2. The first-order valence-electron chi connectivity index (χ1n) is 8.57. The minimum absolute atomic E-state index is 0. The summed E-state index contributed by atoms with van der Waals surface area (Å²) in [6.07, 6.45) is 1.01. The van der Waals surface area contributed by atoms with E-state index in [1.165, 1.54) is 11.1 Å². The molecule has 0 fully saturated rings. The Bertz CT molecular complexity index is 720. The van der Waals surface area contributed by atoms with Crippen LogP contribution in [0.3, 0.4) is 0 Å². The van der Waals surface area contributed by atoms with Gasteiger partial charge in [0.25, 0.3) is 0 Å². The van der Waals surface area contributed by atoms with Gasteiger partial charge in [0.05, 0.1) is 13.7 Å². The summed E-state index contributed by atoms with van der Waals surface area (Å²) >= 11 is 0. The van der Waals surface area contributed by atoms with Crippen LogP contribution in [0.4, 0.5) is 5.69 Å². The number of guanidine groups is 1. The van der Waals surface area contributed by atoms with Crippen molar-refractivity contribution in [3.05, 3.63) is 53.6 Å². The van der Waals surface area contributed by atoms with Crippen LogP contribution < -0.4 is 20.1 Å². The summed E-state index contributed by atoms with van der Waals surface area (Å²) in [6.45, 7) is 5.44. The smallest absolute Gasteiger partial charge is 0.195 e. The van der Waals surface area contributed by atoms with Crippen LogP contribution in [0.1, 0.15) is 25.0 Å². The predicted molar refractivity (Wildman–Crippen MR) is 119 cm³/mol. The molecule has 0 aliphatic heterocycles. The number of hydrogen-bond donors (Lipinski definition) is 2. The number of aliphatic imine (C=N–C) groups is 1. The van der Waals surface area contributed by atoms with Crippen LogP contribution in [0.25, 0.3) is 0 Å². The van der Waals surface area contributed by atoms with Crippen molar-refractivity contribution in [2.45, 2.75) is 26.8 Å². The third-order valence-corrected chi connectivity index (χ3v) is 3.90. The molecule has 0 aliphatic rings. The summed E-state index contributed by atoms with van der Waals surface area (Å²) in [6, 6.07) is 14.2. The summed E-state index contributed by atoms with van der Waals surface area (Å²) in [7, 11) is 3.39. The highest BCUT2D eigenvalue weighted by Crippen LogP contribution is 2.30. The topological polar surface area (TPSA) is 54.9 Å². The Hall–Kier alpha value is -1.96. The van der Waals surface area contributed by atoms with Crippen LogP contribution in [-0.2, 0) is 13.0 Å². The van der Waals surface area contributed by atoms with Crippen LogP contribution in [0, 0.1) is 0 Å². The standard InChI is InChI=1S/C20H27N3O2.HI/c1-5-15-9-7-8-10-16(15)14-22-20(21-3)23-17-11-12-18(25-6-2)19(13-17)24-4;/h7-13H,5-6,14H2,1-4H3,(H2,21,22,23);1H. The number of hydrogen-bond acceptors (Lipinski definition) is 3. The Balaban J connectivity index is 0.00000338. The number of aryl methyl sites for hydroxylation is 1. The van der Waals surface area contributed by atoms with Gasteiger partial charge in [-0.25, -0.2) is 0 Å².